The molecule has 0 spiro atoms. The smallest absolute Gasteiger partial charge is 0.198 e. The van der Waals surface area contributed by atoms with E-state index in [2.05, 4.69) is 15.9 Å². The van der Waals surface area contributed by atoms with E-state index in [-0.39, 0.29) is 0 Å². The Morgan fingerprint density at radius 2 is 1.82 bits per heavy atom. The molecule has 2 rings (SSSR count). The second-order valence-corrected chi connectivity index (χ2v) is 5.01. The molecular formula is C14H11BrOS. The Kier molecular flexibility index (Phi) is 3.92. The van der Waals surface area contributed by atoms with Gasteiger partial charge in [-0.15, -0.1) is 0 Å². The molecule has 0 saturated carbocycles. The molecule has 0 fully saturated rings. The number of rotatable bonds is 2. The van der Waals surface area contributed by atoms with Gasteiger partial charge in [0.15, 0.2) is 5.05 Å². The third kappa shape index (κ3) is 3.38. The molecule has 0 N–H and O–H groups in total. The van der Waals surface area contributed by atoms with Gasteiger partial charge in [0.1, 0.15) is 5.75 Å². The Hall–Kier alpha value is -1.19. The summed E-state index contributed by atoms with van der Waals surface area (Å²) in [5.74, 6) is 0.755. The summed E-state index contributed by atoms with van der Waals surface area (Å²) >= 11 is 8.69. The molecule has 0 heterocycles. The average molecular weight is 307 g/mol. The summed E-state index contributed by atoms with van der Waals surface area (Å²) in [5.41, 5.74) is 2.05. The van der Waals surface area contributed by atoms with Crippen molar-refractivity contribution in [2.45, 2.75) is 6.92 Å². The highest BCUT2D eigenvalue weighted by Crippen LogP contribution is 2.22. The normalized spacial score (nSPS) is 10.0. The first-order chi connectivity index (χ1) is 8.15. The minimum Gasteiger partial charge on any atom is -0.445 e. The zero-order chi connectivity index (χ0) is 12.3. The lowest BCUT2D eigenvalue weighted by molar-refractivity contribution is 0.565. The number of hydrogen-bond donors (Lipinski definition) is 0. The Balaban J connectivity index is 2.19. The van der Waals surface area contributed by atoms with Crippen LogP contribution in [0.5, 0.6) is 5.75 Å². The fraction of sp³-hybridized carbons (Fsp3) is 0.0714. The van der Waals surface area contributed by atoms with E-state index in [9.17, 15) is 0 Å². The highest BCUT2D eigenvalue weighted by molar-refractivity contribution is 9.10. The first kappa shape index (κ1) is 12.3. The topological polar surface area (TPSA) is 9.23 Å². The van der Waals surface area contributed by atoms with Crippen molar-refractivity contribution in [2.75, 3.05) is 0 Å². The largest absolute Gasteiger partial charge is 0.445 e. The molecule has 3 heteroatoms. The molecule has 17 heavy (non-hydrogen) atoms. The van der Waals surface area contributed by atoms with Crippen LogP contribution in [-0.2, 0) is 0 Å². The molecule has 0 amide bonds. The summed E-state index contributed by atoms with van der Waals surface area (Å²) in [4.78, 5) is 0. The monoisotopic (exact) mass is 306 g/mol. The van der Waals surface area contributed by atoms with Gasteiger partial charge in [-0.25, -0.2) is 0 Å². The van der Waals surface area contributed by atoms with E-state index in [1.165, 1.54) is 0 Å². The molecule has 86 valence electrons. The lowest BCUT2D eigenvalue weighted by atomic mass is 10.2. The summed E-state index contributed by atoms with van der Waals surface area (Å²) in [7, 11) is 0. The van der Waals surface area contributed by atoms with Crippen LogP contribution in [0.25, 0.3) is 0 Å². The summed E-state index contributed by atoms with van der Waals surface area (Å²) in [5, 5.41) is 0.489. The summed E-state index contributed by atoms with van der Waals surface area (Å²) in [6, 6.07) is 15.6. The molecule has 0 radical (unpaired) electrons. The van der Waals surface area contributed by atoms with Crippen LogP contribution in [0.4, 0.5) is 0 Å². The maximum absolute atomic E-state index is 5.66. The van der Waals surface area contributed by atoms with Gasteiger partial charge < -0.3 is 4.74 Å². The van der Waals surface area contributed by atoms with Crippen LogP contribution in [0.15, 0.2) is 53.0 Å². The van der Waals surface area contributed by atoms with Crippen molar-refractivity contribution in [1.29, 1.82) is 0 Å². The van der Waals surface area contributed by atoms with Crippen LogP contribution in [0.3, 0.4) is 0 Å². The molecule has 0 saturated heterocycles. The molecule has 0 aliphatic rings. The van der Waals surface area contributed by atoms with Crippen molar-refractivity contribution in [3.63, 3.8) is 0 Å². The average Bonchev–Trinajstić information content (AvgIpc) is 2.28. The quantitative estimate of drug-likeness (QED) is 0.755. The summed E-state index contributed by atoms with van der Waals surface area (Å²) < 4.78 is 6.65. The van der Waals surface area contributed by atoms with Gasteiger partial charge in [0.25, 0.3) is 0 Å². The fourth-order valence-electron chi connectivity index (χ4n) is 1.50. The van der Waals surface area contributed by atoms with Crippen LogP contribution in [0, 0.1) is 6.92 Å². The van der Waals surface area contributed by atoms with Crippen molar-refractivity contribution in [1.82, 2.24) is 0 Å². The lowest BCUT2D eigenvalue weighted by Gasteiger charge is -2.08. The highest BCUT2D eigenvalue weighted by atomic mass is 79.9. The van der Waals surface area contributed by atoms with Gasteiger partial charge in [0, 0.05) is 10.0 Å². The molecule has 0 atom stereocenters. The minimum atomic E-state index is 0.489. The molecule has 0 aromatic heterocycles. The van der Waals surface area contributed by atoms with Gasteiger partial charge in [0.05, 0.1) is 0 Å². The predicted molar refractivity (Wildman–Crippen MR) is 77.6 cm³/mol. The van der Waals surface area contributed by atoms with E-state index >= 15 is 0 Å². The molecule has 0 bridgehead atoms. The van der Waals surface area contributed by atoms with Crippen molar-refractivity contribution in [2.24, 2.45) is 0 Å². The van der Waals surface area contributed by atoms with Gasteiger partial charge in [-0.05, 0) is 42.9 Å². The molecule has 1 nitrogen and oxygen atoms in total. The maximum atomic E-state index is 5.66. The van der Waals surface area contributed by atoms with Crippen molar-refractivity contribution >= 4 is 33.2 Å². The molecular weight excluding hydrogens is 296 g/mol. The Morgan fingerprint density at radius 3 is 2.47 bits per heavy atom. The number of hydrogen-bond acceptors (Lipinski definition) is 2. The zero-order valence-corrected chi connectivity index (χ0v) is 11.7. The van der Waals surface area contributed by atoms with E-state index in [0.717, 1.165) is 21.3 Å². The number of aryl methyl sites for hydroxylation is 1. The lowest BCUT2D eigenvalue weighted by Crippen LogP contribution is -2.06. The minimum absolute atomic E-state index is 0.489. The van der Waals surface area contributed by atoms with Gasteiger partial charge in [0.2, 0.25) is 0 Å². The van der Waals surface area contributed by atoms with Gasteiger partial charge >= 0.3 is 0 Å². The van der Waals surface area contributed by atoms with E-state index in [4.69, 9.17) is 17.0 Å². The molecule has 0 unspecified atom stereocenters. The number of thiocarbonyl (C=S) groups is 1. The number of ether oxygens (including phenoxy) is 1. The first-order valence-corrected chi connectivity index (χ1v) is 6.40. The third-order valence-corrected chi connectivity index (χ3v) is 3.01. The Morgan fingerprint density at radius 1 is 1.12 bits per heavy atom. The zero-order valence-electron chi connectivity index (χ0n) is 9.31. The van der Waals surface area contributed by atoms with Gasteiger partial charge in [-0.3, -0.25) is 0 Å². The number of halogens is 1. The van der Waals surface area contributed by atoms with E-state index in [1.807, 2.05) is 55.5 Å². The predicted octanol–water partition coefficient (Wildman–Crippen LogP) is 4.51. The molecule has 0 aliphatic heterocycles. The second kappa shape index (κ2) is 5.43. The number of benzene rings is 2. The Labute approximate surface area is 115 Å². The third-order valence-electron chi connectivity index (χ3n) is 2.24. The van der Waals surface area contributed by atoms with E-state index < -0.39 is 0 Å². The molecule has 2 aromatic rings. The van der Waals surface area contributed by atoms with Crippen molar-refractivity contribution in [3.05, 3.63) is 64.1 Å². The van der Waals surface area contributed by atoms with Gasteiger partial charge in [-0.2, -0.15) is 0 Å². The Bertz CT molecular complexity index is 517. The molecule has 2 aromatic carbocycles. The first-order valence-electron chi connectivity index (χ1n) is 5.19. The standard InChI is InChI=1S/C14H11BrOS/c1-10-7-12(15)9-13(8-10)16-14(17)11-5-3-2-4-6-11/h2-9H,1H3. The van der Waals surface area contributed by atoms with Crippen LogP contribution in [-0.4, -0.2) is 5.05 Å². The van der Waals surface area contributed by atoms with Crippen LogP contribution in [0.2, 0.25) is 0 Å². The maximum Gasteiger partial charge on any atom is 0.198 e. The second-order valence-electron chi connectivity index (χ2n) is 3.72. The van der Waals surface area contributed by atoms with Crippen LogP contribution >= 0.6 is 28.1 Å². The van der Waals surface area contributed by atoms with Crippen LogP contribution < -0.4 is 4.74 Å². The fourth-order valence-corrected chi connectivity index (χ4v) is 2.32. The van der Waals surface area contributed by atoms with E-state index in [1.54, 1.807) is 0 Å². The molecule has 0 aliphatic carbocycles. The summed E-state index contributed by atoms with van der Waals surface area (Å²) in [6.07, 6.45) is 0. The van der Waals surface area contributed by atoms with Crippen LogP contribution in [0.1, 0.15) is 11.1 Å². The van der Waals surface area contributed by atoms with Crippen molar-refractivity contribution < 1.29 is 4.74 Å². The van der Waals surface area contributed by atoms with E-state index in [0.29, 0.717) is 5.05 Å². The highest BCUT2D eigenvalue weighted by Gasteiger charge is 2.04. The van der Waals surface area contributed by atoms with Crippen molar-refractivity contribution in [3.8, 4) is 5.75 Å². The summed E-state index contributed by atoms with van der Waals surface area (Å²) in [6.45, 7) is 2.02. The van der Waals surface area contributed by atoms with Gasteiger partial charge in [-0.1, -0.05) is 46.3 Å². The SMILES string of the molecule is Cc1cc(Br)cc(OC(=S)c2ccccc2)c1.